The molecular formula is C28H29N3O5. The van der Waals surface area contributed by atoms with Gasteiger partial charge in [-0.2, -0.15) is 0 Å². The first kappa shape index (κ1) is 24.9. The Labute approximate surface area is 210 Å². The summed E-state index contributed by atoms with van der Waals surface area (Å²) in [6, 6.07) is 25.5. The zero-order valence-corrected chi connectivity index (χ0v) is 20.0. The standard InChI is InChI=1S/C28H29N3O5/c1-35-30-23-16-26(27(33)29-17-24(32)19-36-25-10-6-3-7-11-25)31(18-23)28(34)22-14-12-21(13-15-22)20-8-4-2-5-9-20/h2-15,24,26,32H,16-19H2,1H3,(H,29,33)/t24?,26-/m0/s1. The topological polar surface area (TPSA) is 100 Å². The summed E-state index contributed by atoms with van der Waals surface area (Å²) in [5.74, 6) is -0.0116. The van der Waals surface area contributed by atoms with E-state index in [1.54, 1.807) is 24.3 Å². The highest BCUT2D eigenvalue weighted by molar-refractivity contribution is 6.05. The molecule has 1 unspecified atom stereocenters. The summed E-state index contributed by atoms with van der Waals surface area (Å²) in [5, 5.41) is 16.9. The molecule has 8 heteroatoms. The van der Waals surface area contributed by atoms with Crippen molar-refractivity contribution in [3.8, 4) is 16.9 Å². The molecule has 0 spiro atoms. The van der Waals surface area contributed by atoms with Crippen LogP contribution in [0.1, 0.15) is 16.8 Å². The third-order valence-electron chi connectivity index (χ3n) is 5.88. The number of benzene rings is 3. The van der Waals surface area contributed by atoms with E-state index in [1.165, 1.54) is 12.0 Å². The fourth-order valence-corrected chi connectivity index (χ4v) is 4.05. The molecule has 0 aliphatic carbocycles. The van der Waals surface area contributed by atoms with Crippen molar-refractivity contribution in [3.05, 3.63) is 90.5 Å². The van der Waals surface area contributed by atoms with Gasteiger partial charge in [0.25, 0.3) is 5.91 Å². The Morgan fingerprint density at radius 2 is 1.64 bits per heavy atom. The van der Waals surface area contributed by atoms with Crippen molar-refractivity contribution < 1.29 is 24.3 Å². The van der Waals surface area contributed by atoms with Gasteiger partial charge in [-0.3, -0.25) is 9.59 Å². The van der Waals surface area contributed by atoms with Gasteiger partial charge in [-0.1, -0.05) is 65.8 Å². The Morgan fingerprint density at radius 3 is 2.31 bits per heavy atom. The second-order valence-electron chi connectivity index (χ2n) is 8.46. The van der Waals surface area contributed by atoms with Crippen LogP contribution in [0.4, 0.5) is 0 Å². The van der Waals surface area contributed by atoms with Gasteiger partial charge in [-0.05, 0) is 35.4 Å². The molecule has 1 saturated heterocycles. The van der Waals surface area contributed by atoms with Crippen molar-refractivity contribution in [1.82, 2.24) is 10.2 Å². The van der Waals surface area contributed by atoms with E-state index < -0.39 is 12.1 Å². The van der Waals surface area contributed by atoms with Crippen molar-refractivity contribution in [2.75, 3.05) is 26.8 Å². The highest BCUT2D eigenvalue weighted by Crippen LogP contribution is 2.23. The molecule has 0 aromatic heterocycles. The number of nitrogens with one attached hydrogen (secondary N) is 1. The van der Waals surface area contributed by atoms with Crippen molar-refractivity contribution in [2.24, 2.45) is 5.16 Å². The van der Waals surface area contributed by atoms with E-state index in [9.17, 15) is 14.7 Å². The maximum atomic E-state index is 13.3. The van der Waals surface area contributed by atoms with Crippen LogP contribution in [0.2, 0.25) is 0 Å². The lowest BCUT2D eigenvalue weighted by molar-refractivity contribution is -0.125. The molecule has 2 atom stereocenters. The van der Waals surface area contributed by atoms with E-state index in [-0.39, 0.29) is 37.9 Å². The lowest BCUT2D eigenvalue weighted by atomic mass is 10.0. The van der Waals surface area contributed by atoms with E-state index in [1.807, 2.05) is 60.7 Å². The summed E-state index contributed by atoms with van der Waals surface area (Å²) < 4.78 is 5.53. The molecule has 3 aromatic carbocycles. The number of rotatable bonds is 9. The monoisotopic (exact) mass is 487 g/mol. The normalized spacial score (nSPS) is 17.0. The summed E-state index contributed by atoms with van der Waals surface area (Å²) in [4.78, 5) is 32.7. The molecular weight excluding hydrogens is 458 g/mol. The van der Waals surface area contributed by atoms with E-state index in [0.29, 0.717) is 17.0 Å². The molecule has 1 aliphatic heterocycles. The highest BCUT2D eigenvalue weighted by Gasteiger charge is 2.38. The summed E-state index contributed by atoms with van der Waals surface area (Å²) >= 11 is 0. The third-order valence-corrected chi connectivity index (χ3v) is 5.88. The van der Waals surface area contributed by atoms with E-state index in [0.717, 1.165) is 11.1 Å². The van der Waals surface area contributed by atoms with Crippen molar-refractivity contribution in [3.63, 3.8) is 0 Å². The Bertz CT molecular complexity index is 1180. The van der Waals surface area contributed by atoms with Crippen LogP contribution in [0.15, 0.2) is 90.1 Å². The summed E-state index contributed by atoms with van der Waals surface area (Å²) in [7, 11) is 1.43. The number of hydrogen-bond acceptors (Lipinski definition) is 6. The van der Waals surface area contributed by atoms with Gasteiger partial charge in [0.05, 0.1) is 12.3 Å². The summed E-state index contributed by atoms with van der Waals surface area (Å²) in [5.41, 5.74) is 3.12. The average molecular weight is 488 g/mol. The summed E-state index contributed by atoms with van der Waals surface area (Å²) in [6.45, 7) is 0.208. The molecule has 1 heterocycles. The highest BCUT2D eigenvalue weighted by atomic mass is 16.6. The molecule has 36 heavy (non-hydrogen) atoms. The zero-order valence-electron chi connectivity index (χ0n) is 20.0. The Kier molecular flexibility index (Phi) is 8.31. The minimum atomic E-state index is -0.905. The number of likely N-dealkylation sites (tertiary alicyclic amines) is 1. The zero-order chi connectivity index (χ0) is 25.3. The predicted molar refractivity (Wildman–Crippen MR) is 137 cm³/mol. The van der Waals surface area contributed by atoms with Crippen LogP contribution < -0.4 is 10.1 Å². The number of carbonyl (C=O) groups excluding carboxylic acids is 2. The van der Waals surface area contributed by atoms with Crippen LogP contribution in [0.5, 0.6) is 5.75 Å². The van der Waals surface area contributed by atoms with E-state index >= 15 is 0 Å². The van der Waals surface area contributed by atoms with Crippen LogP contribution >= 0.6 is 0 Å². The van der Waals surface area contributed by atoms with Gasteiger partial charge in [0.1, 0.15) is 31.6 Å². The van der Waals surface area contributed by atoms with Gasteiger partial charge in [0, 0.05) is 18.5 Å². The molecule has 0 radical (unpaired) electrons. The number of para-hydroxylation sites is 1. The number of aliphatic hydroxyl groups excluding tert-OH is 1. The van der Waals surface area contributed by atoms with E-state index in [2.05, 4.69) is 10.5 Å². The third kappa shape index (κ3) is 6.28. The van der Waals surface area contributed by atoms with Gasteiger partial charge in [0.2, 0.25) is 5.91 Å². The fraction of sp³-hybridized carbons (Fsp3) is 0.250. The smallest absolute Gasteiger partial charge is 0.254 e. The van der Waals surface area contributed by atoms with Crippen LogP contribution in [0.25, 0.3) is 11.1 Å². The van der Waals surface area contributed by atoms with Gasteiger partial charge >= 0.3 is 0 Å². The number of hydrogen-bond donors (Lipinski definition) is 2. The number of nitrogens with zero attached hydrogens (tertiary/aromatic N) is 2. The van der Waals surface area contributed by atoms with Crippen molar-refractivity contribution in [1.29, 1.82) is 0 Å². The molecule has 0 saturated carbocycles. The van der Waals surface area contributed by atoms with Crippen LogP contribution in [0, 0.1) is 0 Å². The Hall–Kier alpha value is -4.17. The van der Waals surface area contributed by atoms with Crippen LogP contribution in [-0.4, -0.2) is 66.5 Å². The minimum Gasteiger partial charge on any atom is -0.491 e. The van der Waals surface area contributed by atoms with Gasteiger partial charge in [0.15, 0.2) is 0 Å². The first-order valence-electron chi connectivity index (χ1n) is 11.7. The van der Waals surface area contributed by atoms with Crippen molar-refractivity contribution >= 4 is 17.5 Å². The van der Waals surface area contributed by atoms with Gasteiger partial charge < -0.3 is 24.9 Å². The quantitative estimate of drug-likeness (QED) is 0.452. The molecule has 186 valence electrons. The maximum absolute atomic E-state index is 13.3. The molecule has 2 N–H and O–H groups in total. The average Bonchev–Trinajstić information content (AvgIpc) is 3.35. The minimum absolute atomic E-state index is 0.00722. The Morgan fingerprint density at radius 1 is 1.00 bits per heavy atom. The van der Waals surface area contributed by atoms with E-state index in [4.69, 9.17) is 9.57 Å². The number of carbonyl (C=O) groups is 2. The Balaban J connectivity index is 1.39. The van der Waals surface area contributed by atoms with Crippen LogP contribution in [-0.2, 0) is 9.63 Å². The van der Waals surface area contributed by atoms with Gasteiger partial charge in [-0.25, -0.2) is 0 Å². The number of oxime groups is 1. The second kappa shape index (κ2) is 12.0. The summed E-state index contributed by atoms with van der Waals surface area (Å²) in [6.07, 6.45) is -0.651. The predicted octanol–water partition coefficient (Wildman–Crippen LogP) is 3.13. The molecule has 1 fully saturated rings. The molecule has 0 bridgehead atoms. The lowest BCUT2D eigenvalue weighted by Gasteiger charge is -2.24. The first-order chi connectivity index (χ1) is 17.5. The van der Waals surface area contributed by atoms with Crippen LogP contribution in [0.3, 0.4) is 0 Å². The molecule has 4 rings (SSSR count). The fourth-order valence-electron chi connectivity index (χ4n) is 4.05. The molecule has 3 aromatic rings. The van der Waals surface area contributed by atoms with Crippen molar-refractivity contribution in [2.45, 2.75) is 18.6 Å². The molecule has 8 nitrogen and oxygen atoms in total. The molecule has 2 amide bonds. The largest absolute Gasteiger partial charge is 0.491 e. The van der Waals surface area contributed by atoms with Gasteiger partial charge in [-0.15, -0.1) is 0 Å². The first-order valence-corrected chi connectivity index (χ1v) is 11.7. The SMILES string of the molecule is CON=C1C[C@@H](C(=O)NCC(O)COc2ccccc2)N(C(=O)c2ccc(-c3ccccc3)cc2)C1. The maximum Gasteiger partial charge on any atom is 0.254 e. The number of amides is 2. The number of ether oxygens (including phenoxy) is 1. The molecule has 1 aliphatic rings. The lowest BCUT2D eigenvalue weighted by Crippen LogP contribution is -2.48. The second-order valence-corrected chi connectivity index (χ2v) is 8.46. The number of aliphatic hydroxyl groups is 1.